The highest BCUT2D eigenvalue weighted by atomic mass is 35.5. The summed E-state index contributed by atoms with van der Waals surface area (Å²) < 4.78 is 0. The van der Waals surface area contributed by atoms with Crippen molar-refractivity contribution in [3.05, 3.63) is 299 Å². The van der Waals surface area contributed by atoms with E-state index < -0.39 is 0 Å². The highest BCUT2D eigenvalue weighted by molar-refractivity contribution is 6.38. The number of aromatic nitrogens is 14. The Hall–Kier alpha value is -13.2. The minimum Gasteiger partial charge on any atom is -0.383 e. The van der Waals surface area contributed by atoms with Crippen molar-refractivity contribution in [2.45, 2.75) is 12.8 Å². The third-order valence-electron chi connectivity index (χ3n) is 18.3. The Morgan fingerprint density at radius 2 is 0.702 bits per heavy atom. The van der Waals surface area contributed by atoms with Crippen LogP contribution in [0.15, 0.2) is 242 Å². The van der Waals surface area contributed by atoms with Crippen LogP contribution in [-0.2, 0) is 12.8 Å². The third-order valence-corrected chi connectivity index (χ3v) is 20.5. The first-order valence-electron chi connectivity index (χ1n) is 37.7. The maximum Gasteiger partial charge on any atom is 0.342 e. The summed E-state index contributed by atoms with van der Waals surface area (Å²) in [6.45, 7) is 5.09. The second-order valence-corrected chi connectivity index (χ2v) is 30.1. The van der Waals surface area contributed by atoms with Gasteiger partial charge < -0.3 is 42.5 Å². The molecule has 33 heteroatoms. The molecule has 25 nitrogen and oxygen atoms in total. The molecule has 17 rings (SSSR count). The fourth-order valence-corrected chi connectivity index (χ4v) is 14.4. The third kappa shape index (κ3) is 22.4. The topological polar surface area (TPSA) is 350 Å². The van der Waals surface area contributed by atoms with Gasteiger partial charge >= 0.3 is 5.69 Å². The van der Waals surface area contributed by atoms with E-state index in [1.165, 1.54) is 0 Å². The van der Waals surface area contributed by atoms with Gasteiger partial charge in [0.1, 0.15) is 29.1 Å². The lowest BCUT2D eigenvalue weighted by Crippen LogP contribution is -2.16. The molecule has 7 heterocycles. The van der Waals surface area contributed by atoms with Crippen molar-refractivity contribution in [1.82, 2.24) is 70.2 Å². The lowest BCUT2D eigenvalue weighted by molar-refractivity contribution is 1.01. The van der Waals surface area contributed by atoms with Crippen LogP contribution in [0.1, 0.15) is 11.1 Å². The van der Waals surface area contributed by atoms with Gasteiger partial charge in [-0.05, 0) is 169 Å². The molecule has 7 aromatic heterocycles. The van der Waals surface area contributed by atoms with Crippen molar-refractivity contribution >= 4 is 194 Å². The fraction of sp³-hybridized carbons (Fsp3) is 0.114. The Kier molecular flexibility index (Phi) is 28.6. The summed E-state index contributed by atoms with van der Waals surface area (Å²) in [5.74, 6) is 6.20. The Morgan fingerprint density at radius 3 is 1.08 bits per heavy atom. The van der Waals surface area contributed by atoms with E-state index in [0.29, 0.717) is 139 Å². The van der Waals surface area contributed by atoms with E-state index in [1.807, 2.05) is 176 Å². The van der Waals surface area contributed by atoms with E-state index in [9.17, 15) is 4.79 Å². The number of nitrogens with zero attached hydrogens (tertiary/aromatic N) is 13. The number of halogens is 8. The van der Waals surface area contributed by atoms with E-state index >= 15 is 0 Å². The zero-order valence-electron chi connectivity index (χ0n) is 63.8. The number of benzene rings is 10. The number of fused-ring (bicyclic) bond motifs is 5. The van der Waals surface area contributed by atoms with Crippen LogP contribution < -0.4 is 48.2 Å². The van der Waals surface area contributed by atoms with Crippen LogP contribution in [0.5, 0.6) is 0 Å². The number of aromatic amines is 3. The predicted octanol–water partition coefficient (Wildman–Crippen LogP) is 21.3. The predicted molar refractivity (Wildman–Crippen MR) is 493 cm³/mol. The molecular weight excluding hydrogens is 1690 g/mol. The Labute approximate surface area is 733 Å². The molecule has 0 unspecified atom stereocenters. The molecule has 604 valence electrons. The van der Waals surface area contributed by atoms with Gasteiger partial charge in [0, 0.05) is 139 Å². The maximum atomic E-state index is 11.0. The summed E-state index contributed by atoms with van der Waals surface area (Å²) in [7, 11) is 0. The van der Waals surface area contributed by atoms with Gasteiger partial charge in [0.25, 0.3) is 0 Å². The zero-order chi connectivity index (χ0) is 84.0. The van der Waals surface area contributed by atoms with Crippen LogP contribution in [0.25, 0.3) is 100 Å². The Bertz CT molecular complexity index is 6470. The molecular formula is C88H70Cl8N24O. The summed E-state index contributed by atoms with van der Waals surface area (Å²) in [6.07, 6.45) is 4.29. The average molecular weight is 1760 g/mol. The van der Waals surface area contributed by atoms with Gasteiger partial charge in [0.05, 0.1) is 78.9 Å². The smallest absolute Gasteiger partial charge is 0.342 e. The van der Waals surface area contributed by atoms with Crippen LogP contribution in [0.2, 0.25) is 40.2 Å². The summed E-state index contributed by atoms with van der Waals surface area (Å²) in [4.78, 5) is 55.4. The molecule has 17 aromatic rings. The number of H-pyrrole nitrogens is 3. The molecule has 10 aromatic carbocycles. The molecule has 0 atom stereocenters. The quantitative estimate of drug-likeness (QED) is 0.0224. The second-order valence-electron chi connectivity index (χ2n) is 26.7. The van der Waals surface area contributed by atoms with E-state index in [0.717, 1.165) is 124 Å². The molecule has 0 aliphatic heterocycles. The Balaban J connectivity index is 0.000000132. The summed E-state index contributed by atoms with van der Waals surface area (Å²) >= 11 is 49.6. The van der Waals surface area contributed by atoms with Gasteiger partial charge in [-0.15, -0.1) is 5.10 Å². The molecule has 0 saturated carbocycles. The molecule has 11 N–H and O–H groups in total. The number of nitrogens with one attached hydrogen (secondary N) is 11. The maximum absolute atomic E-state index is 11.0. The molecule has 0 radical (unpaired) electrons. The number of anilines is 8. The lowest BCUT2D eigenvalue weighted by atomic mass is 10.1. The first-order valence-corrected chi connectivity index (χ1v) is 40.7. The summed E-state index contributed by atoms with van der Waals surface area (Å²) in [5, 5.41) is 66.3. The number of hydrogen-bond donors (Lipinski definition) is 11. The van der Waals surface area contributed by atoms with Crippen LogP contribution in [0.4, 0.5) is 46.4 Å². The largest absolute Gasteiger partial charge is 0.383 e. The molecule has 0 bridgehead atoms. The molecule has 0 spiro atoms. The number of nitriles is 2. The average Bonchev–Trinajstić information content (AvgIpc) is 1.12. The first-order chi connectivity index (χ1) is 59.0. The Morgan fingerprint density at radius 1 is 0.339 bits per heavy atom. The lowest BCUT2D eigenvalue weighted by Gasteiger charge is -2.13. The molecule has 0 aliphatic carbocycles. The molecule has 0 saturated heterocycles. The standard InChI is InChI=1S/C24H19Cl2N5.2C23H18Cl2N6.C18H15Cl2N7O/c25-17-7-10-19(21(26)15-17)24-30-22-4-2-1-3-20(22)23(31-24)29-14-13-28-18-8-5-16(6-9-18)11-12-27;24-15-6-8-17(19(25)11-15)23-29-20-4-2-1-3-18(20)22(30-23)27-10-9-26-16-7-5-14-13-28-31-21(14)12-16;24-16-6-7-17(19(25)13-16)23-30-20-4-2-1-3-18(20)22(31-23)28-12-11-27-21-8-5-15(9-10-26)14-29-21;19-10-5-6-11(13(20)9-10)16-23-14-4-2-1-3-12(14)15(24-16)21-7-8-22-17-25-18(28)27-26-17/h1-10,15,28H,11,13-14H2,(H,29,30,31);1-8,11-13,26H,9-10H2,(H,28,31)(H,27,29,30);1-8,13-14H,9,11-12H2,(H,27,29)(H,28,30,31);1-6,9H,7-8H2,(H,21,23,24)(H3,22,25,26,27,28). The van der Waals surface area contributed by atoms with Crippen molar-refractivity contribution in [1.29, 1.82) is 10.5 Å². The molecule has 121 heavy (non-hydrogen) atoms. The zero-order valence-corrected chi connectivity index (χ0v) is 69.9. The van der Waals surface area contributed by atoms with Gasteiger partial charge in [-0.2, -0.15) is 15.6 Å². The van der Waals surface area contributed by atoms with Crippen molar-refractivity contribution in [3.63, 3.8) is 0 Å². The van der Waals surface area contributed by atoms with Gasteiger partial charge in [-0.3, -0.25) is 10.1 Å². The van der Waals surface area contributed by atoms with Crippen molar-refractivity contribution in [3.8, 4) is 57.7 Å². The van der Waals surface area contributed by atoms with Gasteiger partial charge in [-0.1, -0.05) is 160 Å². The molecule has 0 aliphatic rings. The van der Waals surface area contributed by atoms with Crippen LogP contribution in [0.3, 0.4) is 0 Å². The first kappa shape index (κ1) is 84.3. The van der Waals surface area contributed by atoms with Gasteiger partial charge in [-0.25, -0.2) is 54.7 Å². The minimum absolute atomic E-state index is 0.357. The van der Waals surface area contributed by atoms with Crippen LogP contribution in [-0.4, -0.2) is 123 Å². The number of para-hydroxylation sites is 4. The van der Waals surface area contributed by atoms with Crippen molar-refractivity contribution in [2.75, 3.05) is 94.9 Å². The SMILES string of the molecule is Clc1ccc(-c2nc(NCCNc3ccc4cn[nH]c4c3)c3ccccc3n2)c(Cl)c1.N#CCc1ccc(NCCNc2nc(-c3ccc(Cl)cc3Cl)nc3ccccc23)cc1.N#CCc1ccc(NCCNc2nc(-c3ccc(Cl)cc3Cl)nc3ccccc23)nc1.O=c1[nH]nc(NCCNc2nc(-c3ccc(Cl)cc3Cl)nc3ccccc23)[nH]1. The molecule has 0 fully saturated rings. The van der Waals surface area contributed by atoms with Gasteiger partial charge in [0.15, 0.2) is 23.3 Å². The van der Waals surface area contributed by atoms with Crippen LogP contribution >= 0.6 is 92.8 Å². The number of hydrogen-bond acceptors (Lipinski definition) is 22. The normalized spacial score (nSPS) is 10.8. The van der Waals surface area contributed by atoms with E-state index in [-0.39, 0.29) is 5.69 Å². The second kappa shape index (κ2) is 41.0. The highest BCUT2D eigenvalue weighted by Crippen LogP contribution is 2.37. The van der Waals surface area contributed by atoms with Crippen LogP contribution in [0, 0.1) is 22.7 Å². The summed E-state index contributed by atoms with van der Waals surface area (Å²) in [6, 6.07) is 74.4. The van der Waals surface area contributed by atoms with E-state index in [4.69, 9.17) is 123 Å². The molecule has 0 amide bonds. The van der Waals surface area contributed by atoms with Gasteiger partial charge in [0.2, 0.25) is 5.95 Å². The van der Waals surface area contributed by atoms with E-state index in [1.54, 1.807) is 60.8 Å². The summed E-state index contributed by atoms with van der Waals surface area (Å²) in [5.41, 5.74) is 10.8. The number of rotatable bonds is 26. The van der Waals surface area contributed by atoms with Crippen molar-refractivity contribution < 1.29 is 0 Å². The van der Waals surface area contributed by atoms with E-state index in [2.05, 4.69) is 105 Å². The van der Waals surface area contributed by atoms with Crippen molar-refractivity contribution in [2.24, 2.45) is 0 Å². The highest BCUT2D eigenvalue weighted by Gasteiger charge is 2.18. The minimum atomic E-state index is -0.360. The fourth-order valence-electron chi connectivity index (χ4n) is 12.5. The number of pyridine rings is 1. The monoisotopic (exact) mass is 1760 g/mol.